The normalized spacial score (nSPS) is 9.71. The van der Waals surface area contributed by atoms with Crippen LogP contribution >= 0.6 is 0 Å². The maximum Gasteiger partial charge on any atom is 0.225 e. The zero-order chi connectivity index (χ0) is 9.80. The summed E-state index contributed by atoms with van der Waals surface area (Å²) in [6.45, 7) is 0. The number of aromatic nitrogens is 2. The molecule has 1 heterocycles. The molecule has 0 aliphatic rings. The van der Waals surface area contributed by atoms with Crippen LogP contribution in [0.15, 0.2) is 30.5 Å². The van der Waals surface area contributed by atoms with E-state index in [2.05, 4.69) is 21.0 Å². The van der Waals surface area contributed by atoms with Crippen molar-refractivity contribution in [1.29, 1.82) is 0 Å². The van der Waals surface area contributed by atoms with Crippen LogP contribution in [0.3, 0.4) is 0 Å². The van der Waals surface area contributed by atoms with Gasteiger partial charge in [0.2, 0.25) is 6.41 Å². The average Bonchev–Trinajstić information content (AvgIpc) is 2.26. The molecule has 0 fully saturated rings. The van der Waals surface area contributed by atoms with E-state index < -0.39 is 0 Å². The molecule has 0 spiro atoms. The molecule has 5 heteroatoms. The van der Waals surface area contributed by atoms with Gasteiger partial charge in [0.1, 0.15) is 0 Å². The van der Waals surface area contributed by atoms with Crippen molar-refractivity contribution in [1.82, 2.24) is 15.6 Å². The van der Waals surface area contributed by atoms with Gasteiger partial charge in [-0.05, 0) is 0 Å². The van der Waals surface area contributed by atoms with Gasteiger partial charge in [0.25, 0.3) is 0 Å². The van der Waals surface area contributed by atoms with Gasteiger partial charge in [-0.3, -0.25) is 15.6 Å². The monoisotopic (exact) mass is 188 g/mol. The molecule has 2 rings (SSSR count). The Bertz CT molecular complexity index is 452. The second-order valence-corrected chi connectivity index (χ2v) is 2.67. The van der Waals surface area contributed by atoms with Gasteiger partial charge in [0.15, 0.2) is 5.82 Å². The molecule has 0 unspecified atom stereocenters. The molecular formula is C9H8N4O. The molecule has 1 aromatic heterocycles. The molecule has 0 atom stereocenters. The largest absolute Gasteiger partial charge is 0.280 e. The van der Waals surface area contributed by atoms with Crippen LogP contribution in [0.4, 0.5) is 5.82 Å². The van der Waals surface area contributed by atoms with Crippen molar-refractivity contribution in [2.75, 3.05) is 5.43 Å². The first-order valence-electron chi connectivity index (χ1n) is 4.07. The highest BCUT2D eigenvalue weighted by molar-refractivity contribution is 5.90. The molecule has 0 aliphatic carbocycles. The summed E-state index contributed by atoms with van der Waals surface area (Å²) < 4.78 is 0. The third-order valence-corrected chi connectivity index (χ3v) is 1.82. The number of amides is 1. The van der Waals surface area contributed by atoms with Crippen molar-refractivity contribution in [3.63, 3.8) is 0 Å². The van der Waals surface area contributed by atoms with Crippen LogP contribution < -0.4 is 10.9 Å². The molecule has 5 nitrogen and oxygen atoms in total. The van der Waals surface area contributed by atoms with E-state index in [-0.39, 0.29) is 0 Å². The number of rotatable bonds is 3. The number of benzene rings is 1. The highest BCUT2D eigenvalue weighted by atomic mass is 16.1. The first-order valence-corrected chi connectivity index (χ1v) is 4.07. The average molecular weight is 188 g/mol. The van der Waals surface area contributed by atoms with Crippen molar-refractivity contribution in [2.45, 2.75) is 0 Å². The van der Waals surface area contributed by atoms with Gasteiger partial charge in [0.05, 0.1) is 6.20 Å². The van der Waals surface area contributed by atoms with Gasteiger partial charge in [-0.15, -0.1) is 5.10 Å². The molecule has 0 radical (unpaired) electrons. The topological polar surface area (TPSA) is 66.9 Å². The molecule has 70 valence electrons. The number of nitrogens with zero attached hydrogens (tertiary/aromatic N) is 2. The zero-order valence-electron chi connectivity index (χ0n) is 7.27. The van der Waals surface area contributed by atoms with Crippen LogP contribution in [0.5, 0.6) is 0 Å². The molecular weight excluding hydrogens is 180 g/mol. The lowest BCUT2D eigenvalue weighted by molar-refractivity contribution is -0.109. The number of anilines is 1. The highest BCUT2D eigenvalue weighted by Gasteiger charge is 2.00. The van der Waals surface area contributed by atoms with Crippen LogP contribution in [-0.2, 0) is 4.79 Å². The lowest BCUT2D eigenvalue weighted by Crippen LogP contribution is -2.20. The highest BCUT2D eigenvalue weighted by Crippen LogP contribution is 2.17. The maximum absolute atomic E-state index is 10.1. The number of hydrazine groups is 1. The summed E-state index contributed by atoms with van der Waals surface area (Å²) in [7, 11) is 0. The minimum Gasteiger partial charge on any atom is -0.280 e. The van der Waals surface area contributed by atoms with Crippen molar-refractivity contribution < 1.29 is 4.79 Å². The van der Waals surface area contributed by atoms with Gasteiger partial charge in [-0.2, -0.15) is 5.10 Å². The maximum atomic E-state index is 10.1. The van der Waals surface area contributed by atoms with Crippen LogP contribution in [0.25, 0.3) is 10.8 Å². The van der Waals surface area contributed by atoms with E-state index in [1.54, 1.807) is 6.20 Å². The van der Waals surface area contributed by atoms with Gasteiger partial charge in [-0.25, -0.2) is 0 Å². The van der Waals surface area contributed by atoms with Crippen LogP contribution in [0.1, 0.15) is 0 Å². The van der Waals surface area contributed by atoms with E-state index >= 15 is 0 Å². The van der Waals surface area contributed by atoms with Gasteiger partial charge in [0, 0.05) is 10.8 Å². The van der Waals surface area contributed by atoms with Crippen LogP contribution in [0, 0.1) is 0 Å². The SMILES string of the molecule is O=CNNc1nncc2ccccc12. The van der Waals surface area contributed by atoms with E-state index in [1.165, 1.54) is 0 Å². The van der Waals surface area contributed by atoms with Crippen molar-refractivity contribution in [3.05, 3.63) is 30.5 Å². The van der Waals surface area contributed by atoms with E-state index in [9.17, 15) is 4.79 Å². The Labute approximate surface area is 80.1 Å². The summed E-state index contributed by atoms with van der Waals surface area (Å²) in [6.07, 6.45) is 2.21. The number of hydrogen-bond acceptors (Lipinski definition) is 4. The molecule has 14 heavy (non-hydrogen) atoms. The van der Waals surface area contributed by atoms with Crippen molar-refractivity contribution in [2.24, 2.45) is 0 Å². The minimum absolute atomic E-state index is 0.537. The minimum atomic E-state index is 0.537. The summed E-state index contributed by atoms with van der Waals surface area (Å²) in [5, 5.41) is 9.54. The number of carbonyl (C=O) groups is 1. The Balaban J connectivity index is 2.48. The zero-order valence-corrected chi connectivity index (χ0v) is 7.27. The molecule has 0 bridgehead atoms. The lowest BCUT2D eigenvalue weighted by atomic mass is 10.2. The van der Waals surface area contributed by atoms with E-state index in [0.29, 0.717) is 12.2 Å². The predicted molar refractivity (Wildman–Crippen MR) is 52.4 cm³/mol. The summed E-state index contributed by atoms with van der Waals surface area (Å²) in [5.74, 6) is 0.537. The fourth-order valence-electron chi connectivity index (χ4n) is 1.22. The van der Waals surface area contributed by atoms with Crippen LogP contribution in [-0.4, -0.2) is 16.6 Å². The Hall–Kier alpha value is -2.17. The second-order valence-electron chi connectivity index (χ2n) is 2.67. The predicted octanol–water partition coefficient (Wildman–Crippen LogP) is 0.703. The fraction of sp³-hybridized carbons (Fsp3) is 0. The molecule has 0 aliphatic heterocycles. The third kappa shape index (κ3) is 1.47. The number of nitrogens with one attached hydrogen (secondary N) is 2. The summed E-state index contributed by atoms with van der Waals surface area (Å²) >= 11 is 0. The van der Waals surface area contributed by atoms with E-state index in [0.717, 1.165) is 10.8 Å². The first-order chi connectivity index (χ1) is 6.92. The smallest absolute Gasteiger partial charge is 0.225 e. The number of fused-ring (bicyclic) bond motifs is 1. The Kier molecular flexibility index (Phi) is 2.22. The first kappa shape index (κ1) is 8.43. The molecule has 0 saturated heterocycles. The van der Waals surface area contributed by atoms with E-state index in [4.69, 9.17) is 0 Å². The molecule has 0 saturated carbocycles. The Morgan fingerprint density at radius 2 is 2.14 bits per heavy atom. The van der Waals surface area contributed by atoms with Gasteiger partial charge in [-0.1, -0.05) is 24.3 Å². The third-order valence-electron chi connectivity index (χ3n) is 1.82. The molecule has 2 aromatic rings. The molecule has 2 N–H and O–H groups in total. The van der Waals surface area contributed by atoms with Gasteiger partial charge >= 0.3 is 0 Å². The van der Waals surface area contributed by atoms with Crippen LogP contribution in [0.2, 0.25) is 0 Å². The van der Waals surface area contributed by atoms with E-state index in [1.807, 2.05) is 24.3 Å². The van der Waals surface area contributed by atoms with Gasteiger partial charge < -0.3 is 0 Å². The summed E-state index contributed by atoms with van der Waals surface area (Å²) in [5.41, 5.74) is 4.97. The van der Waals surface area contributed by atoms with Crippen molar-refractivity contribution >= 4 is 23.0 Å². The van der Waals surface area contributed by atoms with Crippen molar-refractivity contribution in [3.8, 4) is 0 Å². The summed E-state index contributed by atoms with van der Waals surface area (Å²) in [6, 6.07) is 7.64. The molecule has 1 amide bonds. The fourth-order valence-corrected chi connectivity index (χ4v) is 1.22. The summed E-state index contributed by atoms with van der Waals surface area (Å²) in [4.78, 5) is 10.1. The standard InChI is InChI=1S/C9H8N4O/c14-6-11-13-9-8-4-2-1-3-7(8)5-10-12-9/h1-6H,(H,11,14)(H,12,13). The Morgan fingerprint density at radius 3 is 3.00 bits per heavy atom. The second kappa shape index (κ2) is 3.69. The number of carbonyl (C=O) groups excluding carboxylic acids is 1. The Morgan fingerprint density at radius 1 is 1.29 bits per heavy atom. The lowest BCUT2D eigenvalue weighted by Gasteiger charge is -2.04. The molecule has 1 aromatic carbocycles. The quantitative estimate of drug-likeness (QED) is 0.549. The number of hydrogen-bond donors (Lipinski definition) is 2.